The maximum Gasteiger partial charge on any atom is 0.296 e. The van der Waals surface area contributed by atoms with Gasteiger partial charge in [0.15, 0.2) is 11.5 Å². The lowest BCUT2D eigenvalue weighted by Gasteiger charge is -2.23. The van der Waals surface area contributed by atoms with Gasteiger partial charge in [0.1, 0.15) is 70.0 Å². The molecule has 0 spiro atoms. The van der Waals surface area contributed by atoms with Gasteiger partial charge in [0.05, 0.1) is 48.2 Å². The Labute approximate surface area is 379 Å². The number of phenolic OH excluding ortho intramolecular Hbond substituents is 2. The third-order valence-corrected chi connectivity index (χ3v) is 14.5. The molecule has 0 aliphatic heterocycles. The second-order valence-electron chi connectivity index (χ2n) is 13.4. The zero-order valence-corrected chi connectivity index (χ0v) is 37.4. The van der Waals surface area contributed by atoms with Crippen LogP contribution in [0.4, 0.5) is 45.5 Å². The fourth-order valence-electron chi connectivity index (χ4n) is 6.47. The number of nitrogens with one attached hydrogen (secondary N) is 1. The van der Waals surface area contributed by atoms with Gasteiger partial charge in [-0.05, 0) is 53.9 Å². The zero-order valence-electron chi connectivity index (χ0n) is 33.5. The van der Waals surface area contributed by atoms with Gasteiger partial charge in [-0.3, -0.25) is 13.7 Å². The standard InChI is InChI=1S/C31H30N10O20S6/c1-35-39-16-9-19(64(50,51)52)15-8-22(67(59,60)61)29(31(43)24(15)25(16)32)41-38-12-5-14-13(18(7-12)63(47,48)49)4-11(6-17(14)62(44,45)46)37-40-28-21(66(56,57)58)3-10-2-20(65(53,54)55)27(36-34)26(33)23(10)30(28)42/h2-9,34,42-43,47-52,56-58H,32-33H2,1H3,(H,44,45,46)(H,53,54,55)(H,59,60,61)/i/hD. The lowest BCUT2D eigenvalue weighted by molar-refractivity contribution is 0.374. The van der Waals surface area contributed by atoms with E-state index in [-0.39, 0.29) is 0 Å². The van der Waals surface area contributed by atoms with Crippen molar-refractivity contribution in [1.82, 2.24) is 0 Å². The molecule has 0 fully saturated rings. The molecule has 0 saturated carbocycles. The van der Waals surface area contributed by atoms with Crippen LogP contribution >= 0.6 is 32.6 Å². The topological polar surface area (TPSA) is 548 Å². The molecule has 19 N–H and O–H groups in total. The summed E-state index contributed by atoms with van der Waals surface area (Å²) in [5.74, 6) is -2.50. The number of nitrogens with zero attached hydrogens (tertiary/aromatic N) is 7. The van der Waals surface area contributed by atoms with Gasteiger partial charge in [-0.25, -0.2) is 5.52 Å². The highest BCUT2D eigenvalue weighted by Crippen LogP contribution is 2.58. The minimum atomic E-state index is -5.51. The van der Waals surface area contributed by atoms with Crippen molar-refractivity contribution in [1.29, 1.82) is 5.52 Å². The number of azo groups is 3. The van der Waals surface area contributed by atoms with E-state index in [2.05, 4.69) is 41.3 Å². The van der Waals surface area contributed by atoms with E-state index in [0.717, 1.165) is 25.2 Å². The Hall–Kier alpha value is -5.88. The first kappa shape index (κ1) is 49.0. The van der Waals surface area contributed by atoms with Crippen LogP contribution in [-0.2, 0) is 30.4 Å². The molecule has 6 aromatic carbocycles. The smallest absolute Gasteiger partial charge is 0.296 e. The maximum atomic E-state index is 12.9. The van der Waals surface area contributed by atoms with Crippen LogP contribution in [0.1, 0.15) is 0 Å². The molecule has 0 radical (unpaired) electrons. The summed E-state index contributed by atoms with van der Waals surface area (Å²) < 4.78 is 205. The molecule has 0 amide bonds. The van der Waals surface area contributed by atoms with E-state index < -0.39 is 182 Å². The molecule has 0 aromatic heterocycles. The van der Waals surface area contributed by atoms with Gasteiger partial charge in [-0.2, -0.15) is 50.8 Å². The van der Waals surface area contributed by atoms with E-state index in [1.165, 1.54) is 0 Å². The molecule has 67 heavy (non-hydrogen) atoms. The Balaban J connectivity index is 1.62. The SMILES string of the molecule is [2H]N=Nc1c(S(=O)(=O)O)cc2cc(S(O)(O)O)c(N=Nc3cc(S(=O)(=O)O)c4cc(N=Nc5c(S(=O)(=O)O)cc6c(S(O)(O)O)cc(N=NC)c(N)c6c5O)cc(S(O)(O)O)c4c3)c(O)c2c1N. The summed E-state index contributed by atoms with van der Waals surface area (Å²) in [6.07, 6.45) is 0. The molecule has 0 bridgehead atoms. The van der Waals surface area contributed by atoms with Crippen molar-refractivity contribution in [2.24, 2.45) is 35.8 Å². The van der Waals surface area contributed by atoms with Crippen molar-refractivity contribution in [2.75, 3.05) is 18.5 Å². The van der Waals surface area contributed by atoms with Crippen LogP contribution in [0.2, 0.25) is 1.41 Å². The van der Waals surface area contributed by atoms with E-state index in [4.69, 9.17) is 12.9 Å². The Morgan fingerprint density at radius 2 is 0.910 bits per heavy atom. The minimum absolute atomic E-state index is 0.408. The highest BCUT2D eigenvalue weighted by atomic mass is 32.3. The minimum Gasteiger partial charge on any atom is -0.505 e. The number of benzene rings is 6. The van der Waals surface area contributed by atoms with Crippen LogP contribution in [0.15, 0.2) is 114 Å². The lowest BCUT2D eigenvalue weighted by Crippen LogP contribution is -2.03. The van der Waals surface area contributed by atoms with Crippen LogP contribution in [0.5, 0.6) is 11.5 Å². The molecule has 6 aromatic rings. The highest BCUT2D eigenvalue weighted by molar-refractivity contribution is 8.20. The van der Waals surface area contributed by atoms with Gasteiger partial charge in [0.2, 0.25) is 1.41 Å². The summed E-state index contributed by atoms with van der Waals surface area (Å²) >= 11 is 0. The van der Waals surface area contributed by atoms with Crippen molar-refractivity contribution in [3.05, 3.63) is 48.5 Å². The summed E-state index contributed by atoms with van der Waals surface area (Å²) in [5, 5.41) is 43.7. The molecule has 36 heteroatoms. The average molecular weight is 1060 g/mol. The fraction of sp³-hybridized carbons (Fsp3) is 0.0323. The fourth-order valence-corrected chi connectivity index (χ4v) is 10.7. The normalized spacial score (nSPS) is 14.7. The second-order valence-corrected chi connectivity index (χ2v) is 22.0. The van der Waals surface area contributed by atoms with Crippen molar-refractivity contribution in [3.63, 3.8) is 0 Å². The Morgan fingerprint density at radius 3 is 1.39 bits per heavy atom. The molecule has 0 heterocycles. The van der Waals surface area contributed by atoms with Gasteiger partial charge >= 0.3 is 0 Å². The van der Waals surface area contributed by atoms with E-state index >= 15 is 0 Å². The van der Waals surface area contributed by atoms with Crippen LogP contribution < -0.4 is 11.5 Å². The van der Waals surface area contributed by atoms with Crippen LogP contribution in [0.25, 0.3) is 32.3 Å². The van der Waals surface area contributed by atoms with E-state index in [1.54, 1.807) is 0 Å². The first-order valence-corrected chi connectivity index (χ1v) is 25.7. The molecule has 0 saturated heterocycles. The maximum absolute atomic E-state index is 12.9. The number of fused-ring (bicyclic) bond motifs is 3. The molecule has 0 atom stereocenters. The largest absolute Gasteiger partial charge is 0.505 e. The summed E-state index contributed by atoms with van der Waals surface area (Å²) in [7, 11) is -29.9. The molecular weight excluding hydrogens is 1020 g/mol. The number of anilines is 2. The first-order valence-electron chi connectivity index (χ1n) is 17.3. The Bertz CT molecular complexity index is 3640. The predicted molar refractivity (Wildman–Crippen MR) is 238 cm³/mol. The molecule has 6 rings (SSSR count). The monoisotopic (exact) mass is 1060 g/mol. The molecule has 0 unspecified atom stereocenters. The third kappa shape index (κ3) is 9.64. The van der Waals surface area contributed by atoms with Crippen molar-refractivity contribution in [3.8, 4) is 11.5 Å². The van der Waals surface area contributed by atoms with Gasteiger partial charge in [-0.1, -0.05) is 0 Å². The highest BCUT2D eigenvalue weighted by Gasteiger charge is 2.32. The summed E-state index contributed by atoms with van der Waals surface area (Å²) in [6.45, 7) is 0. The second kappa shape index (κ2) is 17.0. The average Bonchev–Trinajstić information content (AvgIpc) is 3.18. The van der Waals surface area contributed by atoms with Gasteiger partial charge in [0.25, 0.3) is 30.4 Å². The van der Waals surface area contributed by atoms with Gasteiger partial charge in [0, 0.05) is 23.2 Å². The molecule has 30 nitrogen and oxygen atoms in total. The first-order chi connectivity index (χ1) is 31.1. The van der Waals surface area contributed by atoms with Crippen molar-refractivity contribution in [2.45, 2.75) is 29.4 Å². The van der Waals surface area contributed by atoms with E-state index in [9.17, 15) is 90.1 Å². The zero-order chi connectivity index (χ0) is 51.0. The van der Waals surface area contributed by atoms with Gasteiger partial charge < -0.3 is 62.7 Å². The molecular formula is C31H30N10O20S6. The predicted octanol–water partition coefficient (Wildman–Crippen LogP) is 9.42. The number of hydrogen-bond donors (Lipinski definition) is 17. The van der Waals surface area contributed by atoms with Crippen LogP contribution in [0, 0.1) is 5.52 Å². The lowest BCUT2D eigenvalue weighted by atomic mass is 10.0. The molecule has 0 aliphatic carbocycles. The number of rotatable bonds is 12. The molecule has 360 valence electrons. The Morgan fingerprint density at radius 1 is 0.478 bits per heavy atom. The third-order valence-electron chi connectivity index (χ3n) is 9.15. The number of phenols is 2. The molecule has 0 aliphatic rings. The van der Waals surface area contributed by atoms with Crippen molar-refractivity contribution < 1.29 is 91.5 Å². The van der Waals surface area contributed by atoms with Crippen molar-refractivity contribution >= 4 is 141 Å². The van der Waals surface area contributed by atoms with E-state index in [0.29, 0.717) is 30.3 Å². The number of aromatic hydroxyl groups is 2. The summed E-state index contributed by atoms with van der Waals surface area (Å²) in [4.78, 5) is -6.63. The summed E-state index contributed by atoms with van der Waals surface area (Å²) in [5.41, 5.74) is 8.37. The van der Waals surface area contributed by atoms with Crippen LogP contribution in [-0.4, -0.2) is 97.1 Å². The summed E-state index contributed by atoms with van der Waals surface area (Å²) in [6, 6.07) is 5.07. The van der Waals surface area contributed by atoms with E-state index in [1.807, 2.05) is 0 Å². The Kier molecular flexibility index (Phi) is 12.5. The number of nitrogens with two attached hydrogens (primary N) is 2. The number of hydrogen-bond acceptors (Lipinski definition) is 27. The number of nitrogen functional groups attached to an aromatic ring is 2. The van der Waals surface area contributed by atoms with Gasteiger partial charge in [-0.15, -0.1) is 10.2 Å². The van der Waals surface area contributed by atoms with Crippen LogP contribution in [0.3, 0.4) is 0 Å². The quantitative estimate of drug-likeness (QED) is 0.0308.